The van der Waals surface area contributed by atoms with Gasteiger partial charge in [-0.3, -0.25) is 4.68 Å². The lowest BCUT2D eigenvalue weighted by Crippen LogP contribution is -2.26. The van der Waals surface area contributed by atoms with Gasteiger partial charge in [-0.15, -0.1) is 0 Å². The van der Waals surface area contributed by atoms with Crippen LogP contribution in [-0.2, 0) is 16.7 Å². The molecule has 0 saturated carbocycles. The van der Waals surface area contributed by atoms with Gasteiger partial charge in [-0.25, -0.2) is 4.79 Å². The molecule has 1 aromatic heterocycles. The summed E-state index contributed by atoms with van der Waals surface area (Å²) >= 11 is 3.38. The highest BCUT2D eigenvalue weighted by Crippen LogP contribution is 2.20. The summed E-state index contributed by atoms with van der Waals surface area (Å²) < 4.78 is 6.62. The summed E-state index contributed by atoms with van der Waals surface area (Å²) in [6.07, 6.45) is 2.33. The van der Waals surface area contributed by atoms with Crippen LogP contribution in [0.25, 0.3) is 0 Å². The number of nitrogens with zero attached hydrogens (tertiary/aromatic N) is 2. The zero-order valence-corrected chi connectivity index (χ0v) is 11.7. The summed E-state index contributed by atoms with van der Waals surface area (Å²) in [7, 11) is 1.38. The quantitative estimate of drug-likeness (QED) is 0.634. The molecule has 16 heavy (non-hydrogen) atoms. The molecule has 0 saturated heterocycles. The average molecular weight is 289 g/mol. The Bertz CT molecular complexity index is 380. The second-order valence-corrected chi connectivity index (χ2v) is 5.31. The fraction of sp³-hybridized carbons (Fsp3) is 0.636. The number of carbonyl (C=O) groups is 1. The number of rotatable bonds is 3. The van der Waals surface area contributed by atoms with Crippen molar-refractivity contribution in [2.45, 2.75) is 32.7 Å². The van der Waals surface area contributed by atoms with Gasteiger partial charge in [-0.1, -0.05) is 15.9 Å². The van der Waals surface area contributed by atoms with Crippen molar-refractivity contribution in [2.24, 2.45) is 0 Å². The molecule has 0 N–H and O–H groups in total. The van der Waals surface area contributed by atoms with E-state index in [9.17, 15) is 4.79 Å². The van der Waals surface area contributed by atoms with E-state index in [4.69, 9.17) is 4.74 Å². The Morgan fingerprint density at radius 1 is 1.56 bits per heavy atom. The van der Waals surface area contributed by atoms with Gasteiger partial charge in [0.2, 0.25) is 0 Å². The monoisotopic (exact) mass is 288 g/mol. The second kappa shape index (κ2) is 4.99. The molecule has 5 heteroatoms. The fourth-order valence-electron chi connectivity index (χ4n) is 1.56. The zero-order valence-electron chi connectivity index (χ0n) is 10.1. The molecule has 0 amide bonds. The topological polar surface area (TPSA) is 44.1 Å². The number of alkyl halides is 1. The number of hydrogen-bond donors (Lipinski definition) is 0. The van der Waals surface area contributed by atoms with Gasteiger partial charge in [0.05, 0.1) is 24.5 Å². The summed E-state index contributed by atoms with van der Waals surface area (Å²) in [6, 6.07) is 0. The van der Waals surface area contributed by atoms with E-state index < -0.39 is 0 Å². The number of ether oxygens (including phenoxy) is 1. The first kappa shape index (κ1) is 13.2. The fourth-order valence-corrected chi connectivity index (χ4v) is 1.94. The van der Waals surface area contributed by atoms with E-state index in [1.54, 1.807) is 6.20 Å². The second-order valence-electron chi connectivity index (χ2n) is 4.52. The van der Waals surface area contributed by atoms with Gasteiger partial charge in [0, 0.05) is 5.33 Å². The van der Waals surface area contributed by atoms with Crippen LogP contribution in [0.3, 0.4) is 0 Å². The van der Waals surface area contributed by atoms with E-state index in [0.717, 1.165) is 17.4 Å². The molecule has 1 rings (SSSR count). The van der Waals surface area contributed by atoms with Crippen molar-refractivity contribution in [2.75, 3.05) is 12.4 Å². The summed E-state index contributed by atoms with van der Waals surface area (Å²) in [5.41, 5.74) is 1.33. The van der Waals surface area contributed by atoms with E-state index in [2.05, 4.69) is 41.8 Å². The molecule has 0 unspecified atom stereocenters. The predicted molar refractivity (Wildman–Crippen MR) is 66.1 cm³/mol. The maximum Gasteiger partial charge on any atom is 0.341 e. The minimum absolute atomic E-state index is 0.135. The van der Waals surface area contributed by atoms with Crippen LogP contribution in [0.15, 0.2) is 6.20 Å². The lowest BCUT2D eigenvalue weighted by Gasteiger charge is -2.22. The van der Waals surface area contributed by atoms with Gasteiger partial charge >= 0.3 is 5.97 Å². The van der Waals surface area contributed by atoms with E-state index in [1.165, 1.54) is 7.11 Å². The standard InChI is InChI=1S/C11H17BrN2O2/c1-11(2,3)14-9(5-6-12)8(7-13-14)10(15)16-4/h7H,5-6H2,1-4H3. The van der Waals surface area contributed by atoms with Crippen LogP contribution in [0, 0.1) is 0 Å². The Hall–Kier alpha value is -0.840. The summed E-state index contributed by atoms with van der Waals surface area (Å²) in [5, 5.41) is 5.06. The van der Waals surface area contributed by atoms with Gasteiger partial charge < -0.3 is 4.74 Å². The maximum absolute atomic E-state index is 11.6. The number of esters is 1. The molecule has 0 radical (unpaired) electrons. The number of methoxy groups -OCH3 is 1. The minimum atomic E-state index is -0.327. The molecule has 1 heterocycles. The molecule has 0 atom stereocenters. The van der Waals surface area contributed by atoms with E-state index >= 15 is 0 Å². The van der Waals surface area contributed by atoms with Gasteiger partial charge in [0.1, 0.15) is 5.56 Å². The van der Waals surface area contributed by atoms with Crippen LogP contribution in [-0.4, -0.2) is 28.2 Å². The minimum Gasteiger partial charge on any atom is -0.465 e. The van der Waals surface area contributed by atoms with Gasteiger partial charge in [0.25, 0.3) is 0 Å². The Kier molecular flexibility index (Phi) is 4.13. The van der Waals surface area contributed by atoms with E-state index in [0.29, 0.717) is 5.56 Å². The largest absolute Gasteiger partial charge is 0.465 e. The summed E-state index contributed by atoms with van der Waals surface area (Å²) in [6.45, 7) is 6.16. The van der Waals surface area contributed by atoms with Crippen molar-refractivity contribution in [3.05, 3.63) is 17.5 Å². The molecule has 4 nitrogen and oxygen atoms in total. The van der Waals surface area contributed by atoms with Crippen molar-refractivity contribution in [3.8, 4) is 0 Å². The van der Waals surface area contributed by atoms with Crippen LogP contribution in [0.2, 0.25) is 0 Å². The van der Waals surface area contributed by atoms with Crippen LogP contribution >= 0.6 is 15.9 Å². The zero-order chi connectivity index (χ0) is 12.3. The molecule has 0 aromatic carbocycles. The smallest absolute Gasteiger partial charge is 0.341 e. The molecular formula is C11H17BrN2O2. The summed E-state index contributed by atoms with van der Waals surface area (Å²) in [5.74, 6) is -0.327. The predicted octanol–water partition coefficient (Wildman–Crippen LogP) is 2.36. The van der Waals surface area contributed by atoms with Crippen LogP contribution in [0.5, 0.6) is 0 Å². The lowest BCUT2D eigenvalue weighted by molar-refractivity contribution is 0.0599. The first-order valence-electron chi connectivity index (χ1n) is 5.13. The molecule has 0 aliphatic heterocycles. The highest BCUT2D eigenvalue weighted by molar-refractivity contribution is 9.09. The van der Waals surface area contributed by atoms with Gasteiger partial charge in [-0.05, 0) is 27.2 Å². The molecule has 1 aromatic rings. The SMILES string of the molecule is COC(=O)c1cnn(C(C)(C)C)c1CCBr. The van der Waals surface area contributed by atoms with Crippen molar-refractivity contribution >= 4 is 21.9 Å². The van der Waals surface area contributed by atoms with Gasteiger partial charge in [0.15, 0.2) is 0 Å². The van der Waals surface area contributed by atoms with Crippen molar-refractivity contribution in [3.63, 3.8) is 0 Å². The first-order valence-corrected chi connectivity index (χ1v) is 6.25. The number of aromatic nitrogens is 2. The molecule has 0 spiro atoms. The van der Waals surface area contributed by atoms with Gasteiger partial charge in [-0.2, -0.15) is 5.10 Å². The molecule has 0 fully saturated rings. The van der Waals surface area contributed by atoms with Crippen LogP contribution in [0.4, 0.5) is 0 Å². The van der Waals surface area contributed by atoms with Crippen LogP contribution < -0.4 is 0 Å². The Morgan fingerprint density at radius 2 is 2.19 bits per heavy atom. The molecule has 0 aliphatic carbocycles. The highest BCUT2D eigenvalue weighted by Gasteiger charge is 2.23. The average Bonchev–Trinajstić information content (AvgIpc) is 2.60. The Balaban J connectivity index is 3.22. The third-order valence-corrected chi connectivity index (χ3v) is 2.64. The van der Waals surface area contributed by atoms with Crippen molar-refractivity contribution in [1.82, 2.24) is 9.78 Å². The lowest BCUT2D eigenvalue weighted by atomic mass is 10.1. The number of carbonyl (C=O) groups excluding carboxylic acids is 1. The molecule has 90 valence electrons. The molecular weight excluding hydrogens is 272 g/mol. The van der Waals surface area contributed by atoms with Crippen molar-refractivity contribution < 1.29 is 9.53 Å². The van der Waals surface area contributed by atoms with E-state index in [-0.39, 0.29) is 11.5 Å². The molecule has 0 bridgehead atoms. The normalized spacial score (nSPS) is 11.6. The first-order chi connectivity index (χ1) is 7.41. The number of halogens is 1. The van der Waals surface area contributed by atoms with E-state index in [1.807, 2.05) is 4.68 Å². The third kappa shape index (κ3) is 2.64. The van der Waals surface area contributed by atoms with Crippen molar-refractivity contribution in [1.29, 1.82) is 0 Å². The maximum atomic E-state index is 11.6. The third-order valence-electron chi connectivity index (χ3n) is 2.24. The highest BCUT2D eigenvalue weighted by atomic mass is 79.9. The molecule has 0 aliphatic rings. The number of hydrogen-bond acceptors (Lipinski definition) is 3. The van der Waals surface area contributed by atoms with Crippen LogP contribution in [0.1, 0.15) is 36.8 Å². The Morgan fingerprint density at radius 3 is 2.62 bits per heavy atom. The summed E-state index contributed by atoms with van der Waals surface area (Å²) in [4.78, 5) is 11.6. The Labute approximate surface area is 104 Å².